The molecule has 8 heteroatoms. The molecule has 0 aliphatic heterocycles. The zero-order chi connectivity index (χ0) is 21.9. The second-order valence-corrected chi connectivity index (χ2v) is 7.29. The van der Waals surface area contributed by atoms with Crippen molar-refractivity contribution in [3.63, 3.8) is 0 Å². The number of carbonyl (C=O) groups is 1. The van der Waals surface area contributed by atoms with Crippen LogP contribution in [0.1, 0.15) is 16.1 Å². The van der Waals surface area contributed by atoms with E-state index in [9.17, 15) is 18.7 Å². The summed E-state index contributed by atoms with van der Waals surface area (Å²) in [6.07, 6.45) is 3.33. The molecule has 0 aliphatic rings. The lowest BCUT2D eigenvalue weighted by molar-refractivity contribution is 0.103. The molecule has 3 heterocycles. The van der Waals surface area contributed by atoms with Gasteiger partial charge in [-0.15, -0.1) is 0 Å². The van der Waals surface area contributed by atoms with Crippen molar-refractivity contribution in [2.75, 3.05) is 5.73 Å². The van der Waals surface area contributed by atoms with Crippen LogP contribution in [0.15, 0.2) is 61.1 Å². The normalized spacial score (nSPS) is 11.5. The molecule has 6 nitrogen and oxygen atoms in total. The van der Waals surface area contributed by atoms with Crippen LogP contribution in [0.4, 0.5) is 14.5 Å². The maximum Gasteiger partial charge on any atom is 0.209 e. The number of phenols is 1. The molecule has 0 atom stereocenters. The molecule has 0 aliphatic carbocycles. The third-order valence-corrected chi connectivity index (χ3v) is 5.40. The summed E-state index contributed by atoms with van der Waals surface area (Å²) in [6, 6.07) is 12.1. The number of rotatable bonds is 3. The van der Waals surface area contributed by atoms with Gasteiger partial charge in [0.05, 0.1) is 28.6 Å². The molecular formula is C23H16F2N4O2. The SMILES string of the molecule is Cn1cnc2cc(-c3cccn4c(C(=O)c5cc(F)c(N)c(F)c5)ccc34)c(O)cc21. The number of hydrogen-bond donors (Lipinski definition) is 2. The second-order valence-electron chi connectivity index (χ2n) is 7.29. The minimum Gasteiger partial charge on any atom is -0.507 e. The van der Waals surface area contributed by atoms with Crippen molar-refractivity contribution in [2.45, 2.75) is 0 Å². The van der Waals surface area contributed by atoms with Crippen LogP contribution in [-0.4, -0.2) is 24.8 Å². The van der Waals surface area contributed by atoms with Crippen molar-refractivity contribution in [3.8, 4) is 16.9 Å². The van der Waals surface area contributed by atoms with E-state index in [0.717, 1.165) is 17.6 Å². The number of ketones is 1. The third kappa shape index (κ3) is 2.83. The van der Waals surface area contributed by atoms with Crippen molar-refractivity contribution >= 4 is 28.0 Å². The molecule has 0 spiro atoms. The lowest BCUT2D eigenvalue weighted by Crippen LogP contribution is -2.08. The van der Waals surface area contributed by atoms with E-state index in [1.54, 1.807) is 51.8 Å². The number of benzene rings is 2. The highest BCUT2D eigenvalue weighted by atomic mass is 19.1. The molecule has 0 saturated heterocycles. The van der Waals surface area contributed by atoms with E-state index in [0.29, 0.717) is 22.2 Å². The Bertz CT molecular complexity index is 1490. The highest BCUT2D eigenvalue weighted by Crippen LogP contribution is 2.36. The number of phenolic OH excluding ortho intramolecular Hbond substituents is 1. The molecule has 5 rings (SSSR count). The van der Waals surface area contributed by atoms with E-state index in [2.05, 4.69) is 4.98 Å². The summed E-state index contributed by atoms with van der Waals surface area (Å²) in [5.74, 6) is -2.46. The van der Waals surface area contributed by atoms with Crippen molar-refractivity contribution in [1.29, 1.82) is 0 Å². The first-order valence-corrected chi connectivity index (χ1v) is 9.39. The van der Waals surface area contributed by atoms with Gasteiger partial charge in [0.15, 0.2) is 0 Å². The van der Waals surface area contributed by atoms with Crippen LogP contribution >= 0.6 is 0 Å². The number of aromatic hydroxyl groups is 1. The third-order valence-electron chi connectivity index (χ3n) is 5.40. The lowest BCUT2D eigenvalue weighted by atomic mass is 10.0. The number of nitrogens with zero attached hydrogens (tertiary/aromatic N) is 3. The average Bonchev–Trinajstić information content (AvgIpc) is 3.34. The number of aryl methyl sites for hydroxylation is 1. The summed E-state index contributed by atoms with van der Waals surface area (Å²) in [5.41, 5.74) is 8.13. The van der Waals surface area contributed by atoms with Gasteiger partial charge in [-0.3, -0.25) is 4.79 Å². The summed E-state index contributed by atoms with van der Waals surface area (Å²) in [7, 11) is 1.84. The van der Waals surface area contributed by atoms with E-state index in [1.807, 2.05) is 13.1 Å². The molecule has 0 unspecified atom stereocenters. The summed E-state index contributed by atoms with van der Waals surface area (Å²) in [4.78, 5) is 17.3. The maximum absolute atomic E-state index is 13.9. The molecule has 0 amide bonds. The van der Waals surface area contributed by atoms with Gasteiger partial charge in [0.25, 0.3) is 0 Å². The number of fused-ring (bicyclic) bond motifs is 2. The van der Waals surface area contributed by atoms with E-state index in [4.69, 9.17) is 5.73 Å². The van der Waals surface area contributed by atoms with Gasteiger partial charge >= 0.3 is 0 Å². The predicted molar refractivity (Wildman–Crippen MR) is 113 cm³/mol. The van der Waals surface area contributed by atoms with Crippen LogP contribution in [0, 0.1) is 11.6 Å². The summed E-state index contributed by atoms with van der Waals surface area (Å²) in [6.45, 7) is 0. The van der Waals surface area contributed by atoms with Crippen molar-refractivity contribution in [1.82, 2.24) is 14.0 Å². The first kappa shape index (κ1) is 18.8. The highest BCUT2D eigenvalue weighted by Gasteiger charge is 2.19. The van der Waals surface area contributed by atoms with Crippen LogP contribution < -0.4 is 5.73 Å². The largest absolute Gasteiger partial charge is 0.507 e. The topological polar surface area (TPSA) is 85.5 Å². The molecular weight excluding hydrogens is 402 g/mol. The fourth-order valence-corrected chi connectivity index (χ4v) is 3.79. The molecule has 31 heavy (non-hydrogen) atoms. The number of nitrogen functional groups attached to an aromatic ring is 1. The monoisotopic (exact) mass is 418 g/mol. The number of nitrogens with two attached hydrogens (primary N) is 1. The smallest absolute Gasteiger partial charge is 0.209 e. The van der Waals surface area contributed by atoms with Gasteiger partial charge < -0.3 is 19.8 Å². The molecule has 154 valence electrons. The van der Waals surface area contributed by atoms with Gasteiger partial charge in [-0.25, -0.2) is 13.8 Å². The highest BCUT2D eigenvalue weighted by molar-refractivity contribution is 6.09. The van der Waals surface area contributed by atoms with Gasteiger partial charge in [-0.2, -0.15) is 0 Å². The number of halogens is 2. The quantitative estimate of drug-likeness (QED) is 0.338. The van der Waals surface area contributed by atoms with Crippen LogP contribution in [0.25, 0.3) is 27.7 Å². The Morgan fingerprint density at radius 1 is 1.03 bits per heavy atom. The van der Waals surface area contributed by atoms with E-state index >= 15 is 0 Å². The zero-order valence-corrected chi connectivity index (χ0v) is 16.3. The number of pyridine rings is 1. The van der Waals surface area contributed by atoms with Gasteiger partial charge in [-0.1, -0.05) is 6.07 Å². The maximum atomic E-state index is 13.9. The minimum atomic E-state index is -0.988. The molecule has 0 radical (unpaired) electrons. The Labute approximate surface area is 174 Å². The molecule has 2 aromatic carbocycles. The Hall–Kier alpha value is -4.20. The molecule has 0 bridgehead atoms. The summed E-state index contributed by atoms with van der Waals surface area (Å²) in [5, 5.41) is 10.6. The van der Waals surface area contributed by atoms with Gasteiger partial charge in [-0.05, 0) is 36.4 Å². The van der Waals surface area contributed by atoms with E-state index in [1.165, 1.54) is 0 Å². The van der Waals surface area contributed by atoms with Crippen LogP contribution in [0.2, 0.25) is 0 Å². The molecule has 3 aromatic heterocycles. The average molecular weight is 418 g/mol. The number of aromatic nitrogens is 3. The number of imidazole rings is 1. The number of anilines is 1. The molecule has 0 saturated carbocycles. The molecule has 5 aromatic rings. The lowest BCUT2D eigenvalue weighted by Gasteiger charge is -2.10. The van der Waals surface area contributed by atoms with Gasteiger partial charge in [0, 0.05) is 36.0 Å². The zero-order valence-electron chi connectivity index (χ0n) is 16.3. The van der Waals surface area contributed by atoms with Crippen LogP contribution in [-0.2, 0) is 7.05 Å². The summed E-state index contributed by atoms with van der Waals surface area (Å²) >= 11 is 0. The van der Waals surface area contributed by atoms with E-state index in [-0.39, 0.29) is 17.0 Å². The Balaban J connectivity index is 1.66. The predicted octanol–water partition coefficient (Wildman–Crippen LogP) is 4.29. The van der Waals surface area contributed by atoms with Crippen molar-refractivity contribution in [2.24, 2.45) is 7.05 Å². The van der Waals surface area contributed by atoms with Crippen LogP contribution in [0.3, 0.4) is 0 Å². The minimum absolute atomic E-state index is 0.0703. The van der Waals surface area contributed by atoms with Crippen molar-refractivity contribution < 1.29 is 18.7 Å². The first-order chi connectivity index (χ1) is 14.8. The van der Waals surface area contributed by atoms with E-state index < -0.39 is 23.1 Å². The van der Waals surface area contributed by atoms with Crippen molar-refractivity contribution in [3.05, 3.63) is 83.9 Å². The fraction of sp³-hybridized carbons (Fsp3) is 0.0435. The molecule has 3 N–H and O–H groups in total. The number of carbonyl (C=O) groups excluding carboxylic acids is 1. The van der Waals surface area contributed by atoms with Gasteiger partial charge in [0.2, 0.25) is 5.78 Å². The van der Waals surface area contributed by atoms with Crippen LogP contribution in [0.5, 0.6) is 5.75 Å². The summed E-state index contributed by atoms with van der Waals surface area (Å²) < 4.78 is 31.1. The molecule has 0 fully saturated rings. The second kappa shape index (κ2) is 6.66. The Kier molecular flexibility index (Phi) is 4.04. The number of hydrogen-bond acceptors (Lipinski definition) is 4. The Morgan fingerprint density at radius 3 is 2.52 bits per heavy atom. The van der Waals surface area contributed by atoms with Gasteiger partial charge in [0.1, 0.15) is 23.1 Å². The first-order valence-electron chi connectivity index (χ1n) is 9.39. The standard InChI is InChI=1S/C23H16F2N4O2/c1-28-11-27-17-9-14(21(30)10-20(17)28)13-3-2-6-29-18(13)4-5-19(29)23(31)12-7-15(24)22(26)16(25)8-12/h2-11,30H,26H2,1H3. The Morgan fingerprint density at radius 2 is 1.77 bits per heavy atom. The fourth-order valence-electron chi connectivity index (χ4n) is 3.79.